The Hall–Kier alpha value is 0.120. The van der Waals surface area contributed by atoms with E-state index in [9.17, 15) is 19.8 Å². The van der Waals surface area contributed by atoms with Crippen molar-refractivity contribution in [3.63, 3.8) is 0 Å². The molecule has 0 spiro atoms. The van der Waals surface area contributed by atoms with E-state index >= 15 is 0 Å². The van der Waals surface area contributed by atoms with E-state index in [-0.39, 0.29) is 50.6 Å². The van der Waals surface area contributed by atoms with Crippen molar-refractivity contribution in [1.82, 2.24) is 9.80 Å². The maximum absolute atomic E-state index is 10.7. The van der Waals surface area contributed by atoms with Gasteiger partial charge in [-0.15, -0.1) is 0 Å². The molecule has 6 nitrogen and oxygen atoms in total. The standard InChI is InChI=1S/2C21H43NO2.Ca/c2*1-3-5-7-9-11-13-15-18-22(20-17-21(23)24)19-16-14-12-10-8-6-4-2;/h2*3-20H2,1-2H3,(H,23,24);/q;;+2/p-2. The monoisotopic (exact) mass is 721 g/mol. The molecule has 0 rings (SSSR count). The second kappa shape index (κ2) is 46.1. The zero-order chi connectivity index (χ0) is 35.8. The maximum atomic E-state index is 10.7. The summed E-state index contributed by atoms with van der Waals surface area (Å²) in [4.78, 5) is 26.1. The molecule has 0 aliphatic rings. The summed E-state index contributed by atoms with van der Waals surface area (Å²) in [6, 6.07) is 0. The van der Waals surface area contributed by atoms with E-state index < -0.39 is 11.9 Å². The van der Waals surface area contributed by atoms with E-state index in [1.807, 2.05) is 0 Å². The summed E-state index contributed by atoms with van der Waals surface area (Å²) < 4.78 is 0. The summed E-state index contributed by atoms with van der Waals surface area (Å²) >= 11 is 0. The Morgan fingerprint density at radius 2 is 0.510 bits per heavy atom. The van der Waals surface area contributed by atoms with Crippen molar-refractivity contribution in [2.24, 2.45) is 0 Å². The molecule has 0 fully saturated rings. The fourth-order valence-electron chi connectivity index (χ4n) is 6.34. The molecule has 0 aliphatic carbocycles. The third-order valence-corrected chi connectivity index (χ3v) is 9.58. The van der Waals surface area contributed by atoms with Gasteiger partial charge in [-0.05, 0) is 64.7 Å². The van der Waals surface area contributed by atoms with Crippen LogP contribution in [-0.4, -0.2) is 98.7 Å². The van der Waals surface area contributed by atoms with E-state index in [0.717, 1.165) is 26.2 Å². The molecule has 7 heteroatoms. The Morgan fingerprint density at radius 3 is 0.694 bits per heavy atom. The van der Waals surface area contributed by atoms with Gasteiger partial charge in [0.15, 0.2) is 0 Å². The first-order valence-electron chi connectivity index (χ1n) is 21.2. The molecular weight excluding hydrogens is 637 g/mol. The molecule has 0 atom stereocenters. The SMILES string of the molecule is CCCCCCCCCN(CCCCCCCCC)CCC(=O)[O-].CCCCCCCCCN(CCCCCCCCC)CCC(=O)[O-].[Ca+2]. The topological polar surface area (TPSA) is 86.7 Å². The average molecular weight is 721 g/mol. The minimum atomic E-state index is -0.917. The zero-order valence-corrected chi connectivity index (χ0v) is 35.9. The van der Waals surface area contributed by atoms with Gasteiger partial charge in [0.1, 0.15) is 0 Å². The molecule has 0 aromatic rings. The Balaban J connectivity index is -0.000000846. The van der Waals surface area contributed by atoms with Crippen molar-refractivity contribution in [1.29, 1.82) is 0 Å². The second-order valence-electron chi connectivity index (χ2n) is 14.4. The van der Waals surface area contributed by atoms with Gasteiger partial charge in [0.2, 0.25) is 0 Å². The number of rotatable bonds is 38. The minimum absolute atomic E-state index is 0. The van der Waals surface area contributed by atoms with Crippen molar-refractivity contribution < 1.29 is 19.8 Å². The molecule has 0 heterocycles. The van der Waals surface area contributed by atoms with Crippen molar-refractivity contribution in [2.75, 3.05) is 39.3 Å². The van der Waals surface area contributed by atoms with Gasteiger partial charge >= 0.3 is 37.7 Å². The number of carboxylic acids is 2. The molecule has 0 aromatic heterocycles. The summed E-state index contributed by atoms with van der Waals surface area (Å²) in [5, 5.41) is 21.4. The van der Waals surface area contributed by atoms with E-state index in [0.29, 0.717) is 13.1 Å². The van der Waals surface area contributed by atoms with Gasteiger partial charge in [-0.2, -0.15) is 0 Å². The van der Waals surface area contributed by atoms with Gasteiger partial charge in [-0.25, -0.2) is 0 Å². The Morgan fingerprint density at radius 1 is 0.327 bits per heavy atom. The average Bonchev–Trinajstić information content (AvgIpc) is 3.07. The molecule has 0 saturated heterocycles. The van der Waals surface area contributed by atoms with E-state index in [4.69, 9.17) is 0 Å². The summed E-state index contributed by atoms with van der Waals surface area (Å²) in [7, 11) is 0. The normalized spacial score (nSPS) is 11.1. The van der Waals surface area contributed by atoms with Crippen LogP contribution in [0.4, 0.5) is 0 Å². The summed E-state index contributed by atoms with van der Waals surface area (Å²) in [6.07, 6.45) is 37.1. The fourth-order valence-corrected chi connectivity index (χ4v) is 6.34. The van der Waals surface area contributed by atoms with Crippen LogP contribution in [0, 0.1) is 0 Å². The van der Waals surface area contributed by atoms with E-state index in [1.54, 1.807) is 0 Å². The van der Waals surface area contributed by atoms with Crippen LogP contribution < -0.4 is 10.2 Å². The molecule has 0 aromatic carbocycles. The number of carboxylic acid groups (broad SMARTS) is 2. The Labute approximate surface area is 336 Å². The molecular formula is C42H84CaN2O4. The number of aliphatic carboxylic acids is 2. The third kappa shape index (κ3) is 48.1. The van der Waals surface area contributed by atoms with Crippen LogP contribution in [0.1, 0.15) is 220 Å². The van der Waals surface area contributed by atoms with Gasteiger partial charge in [-0.1, -0.05) is 182 Å². The van der Waals surface area contributed by atoms with Crippen LogP contribution in [0.3, 0.4) is 0 Å². The summed E-state index contributed by atoms with van der Waals surface area (Å²) in [5.41, 5.74) is 0. The molecule has 0 unspecified atom stereocenters. The minimum Gasteiger partial charge on any atom is -0.550 e. The van der Waals surface area contributed by atoms with Crippen LogP contribution in [0.25, 0.3) is 0 Å². The molecule has 0 N–H and O–H groups in total. The van der Waals surface area contributed by atoms with Crippen molar-refractivity contribution in [3.05, 3.63) is 0 Å². The van der Waals surface area contributed by atoms with Crippen molar-refractivity contribution in [3.8, 4) is 0 Å². The van der Waals surface area contributed by atoms with Crippen molar-refractivity contribution >= 4 is 49.7 Å². The largest absolute Gasteiger partial charge is 2.00 e. The predicted molar refractivity (Wildman–Crippen MR) is 210 cm³/mol. The van der Waals surface area contributed by atoms with Gasteiger partial charge < -0.3 is 29.6 Å². The Kier molecular flexibility index (Phi) is 50.4. The van der Waals surface area contributed by atoms with E-state index in [1.165, 1.54) is 180 Å². The van der Waals surface area contributed by atoms with E-state index in [2.05, 4.69) is 37.5 Å². The fraction of sp³-hybridized carbons (Fsp3) is 0.952. The number of carbonyl (C=O) groups excluding carboxylic acids is 2. The van der Waals surface area contributed by atoms with Crippen LogP contribution in [-0.2, 0) is 9.59 Å². The van der Waals surface area contributed by atoms with Gasteiger partial charge in [0.05, 0.1) is 0 Å². The van der Waals surface area contributed by atoms with Gasteiger partial charge in [0, 0.05) is 25.0 Å². The van der Waals surface area contributed by atoms with Crippen LogP contribution in [0.5, 0.6) is 0 Å². The van der Waals surface area contributed by atoms with Crippen LogP contribution in [0.2, 0.25) is 0 Å². The summed E-state index contributed by atoms with van der Waals surface area (Å²) in [5.74, 6) is -1.83. The molecule has 0 aliphatic heterocycles. The first-order valence-corrected chi connectivity index (χ1v) is 21.2. The molecule has 288 valence electrons. The number of hydrogen-bond donors (Lipinski definition) is 0. The molecule has 0 bridgehead atoms. The predicted octanol–water partition coefficient (Wildman–Crippen LogP) is 9.48. The van der Waals surface area contributed by atoms with Gasteiger partial charge in [0.25, 0.3) is 0 Å². The van der Waals surface area contributed by atoms with Crippen molar-refractivity contribution in [2.45, 2.75) is 220 Å². The zero-order valence-electron chi connectivity index (χ0n) is 33.7. The molecule has 0 radical (unpaired) electrons. The first kappa shape index (κ1) is 53.5. The number of carbonyl (C=O) groups is 2. The Bertz CT molecular complexity index is 562. The number of hydrogen-bond acceptors (Lipinski definition) is 6. The maximum Gasteiger partial charge on any atom is 2.00 e. The molecule has 0 saturated carbocycles. The first-order chi connectivity index (χ1) is 23.4. The van der Waals surface area contributed by atoms with Crippen LogP contribution in [0.15, 0.2) is 0 Å². The molecule has 0 amide bonds. The third-order valence-electron chi connectivity index (χ3n) is 9.58. The number of unbranched alkanes of at least 4 members (excludes halogenated alkanes) is 24. The number of nitrogens with zero attached hydrogens (tertiary/aromatic N) is 2. The summed E-state index contributed by atoms with van der Waals surface area (Å²) in [6.45, 7) is 14.5. The quantitative estimate of drug-likeness (QED) is 0.0467. The molecule has 49 heavy (non-hydrogen) atoms. The van der Waals surface area contributed by atoms with Crippen LogP contribution >= 0.6 is 0 Å². The second-order valence-corrected chi connectivity index (χ2v) is 14.4. The van der Waals surface area contributed by atoms with Gasteiger partial charge in [-0.3, -0.25) is 0 Å². The smallest absolute Gasteiger partial charge is 0.550 e.